The Morgan fingerprint density at radius 2 is 2.25 bits per heavy atom. The molecule has 16 heavy (non-hydrogen) atoms. The van der Waals surface area contributed by atoms with E-state index in [0.717, 1.165) is 6.20 Å². The van der Waals surface area contributed by atoms with Crippen molar-refractivity contribution in [2.75, 3.05) is 0 Å². The number of hydrogen-bond donors (Lipinski definition) is 1. The molecule has 1 N–H and O–H groups in total. The van der Waals surface area contributed by atoms with Crippen LogP contribution in [0.5, 0.6) is 0 Å². The third kappa shape index (κ3) is 2.89. The number of alkyl halides is 3. The summed E-state index contributed by atoms with van der Waals surface area (Å²) in [5, 5.41) is 8.60. The number of hydrogen-bond acceptors (Lipinski definition) is 2. The van der Waals surface area contributed by atoms with Crippen molar-refractivity contribution in [2.24, 2.45) is 0 Å². The van der Waals surface area contributed by atoms with Gasteiger partial charge in [0.25, 0.3) is 6.43 Å². The van der Waals surface area contributed by atoms with Gasteiger partial charge in [-0.2, -0.15) is 0 Å². The van der Waals surface area contributed by atoms with Gasteiger partial charge in [0.05, 0.1) is 12.1 Å². The SMILES string of the molecule is O=C(O)Cc1ncc(Br)c(C(F)F)c1CCl. The summed E-state index contributed by atoms with van der Waals surface area (Å²) in [4.78, 5) is 14.3. The van der Waals surface area contributed by atoms with Crippen molar-refractivity contribution >= 4 is 33.5 Å². The molecule has 1 heterocycles. The van der Waals surface area contributed by atoms with E-state index in [0.29, 0.717) is 0 Å². The van der Waals surface area contributed by atoms with Gasteiger partial charge < -0.3 is 5.11 Å². The van der Waals surface area contributed by atoms with Crippen LogP contribution in [0.4, 0.5) is 8.78 Å². The molecule has 1 aromatic rings. The number of carboxylic acid groups (broad SMARTS) is 1. The third-order valence-electron chi connectivity index (χ3n) is 1.94. The fourth-order valence-electron chi connectivity index (χ4n) is 1.26. The molecule has 1 aromatic heterocycles. The molecule has 0 fully saturated rings. The summed E-state index contributed by atoms with van der Waals surface area (Å²) in [5.41, 5.74) is -0.143. The number of pyridine rings is 1. The summed E-state index contributed by atoms with van der Waals surface area (Å²) in [6, 6.07) is 0. The number of carboxylic acids is 1. The zero-order chi connectivity index (χ0) is 12.3. The van der Waals surface area contributed by atoms with E-state index < -0.39 is 18.8 Å². The van der Waals surface area contributed by atoms with E-state index in [-0.39, 0.29) is 27.2 Å². The fraction of sp³-hybridized carbons (Fsp3) is 0.333. The monoisotopic (exact) mass is 313 g/mol. The zero-order valence-electron chi connectivity index (χ0n) is 7.88. The Kier molecular flexibility index (Phi) is 4.61. The molecule has 1 rings (SSSR count). The lowest BCUT2D eigenvalue weighted by molar-refractivity contribution is -0.136. The fourth-order valence-corrected chi connectivity index (χ4v) is 2.08. The number of nitrogens with zero attached hydrogens (tertiary/aromatic N) is 1. The summed E-state index contributed by atoms with van der Waals surface area (Å²) in [5.74, 6) is -1.34. The average molecular weight is 315 g/mol. The van der Waals surface area contributed by atoms with Crippen LogP contribution < -0.4 is 0 Å². The van der Waals surface area contributed by atoms with Gasteiger partial charge >= 0.3 is 5.97 Å². The van der Waals surface area contributed by atoms with Crippen LogP contribution in [-0.4, -0.2) is 16.1 Å². The standard InChI is InChI=1S/C9H7BrClF2NO2/c10-5-3-14-6(1-7(15)16)4(2-11)8(5)9(12)13/h3,9H,1-2H2,(H,15,16). The lowest BCUT2D eigenvalue weighted by Crippen LogP contribution is -2.08. The van der Waals surface area contributed by atoms with Crippen molar-refractivity contribution in [1.29, 1.82) is 0 Å². The summed E-state index contributed by atoms with van der Waals surface area (Å²) in [6.07, 6.45) is -1.98. The molecular weight excluding hydrogens is 307 g/mol. The van der Waals surface area contributed by atoms with Crippen LogP contribution >= 0.6 is 27.5 Å². The quantitative estimate of drug-likeness (QED) is 0.869. The van der Waals surface area contributed by atoms with Crippen LogP contribution in [0.15, 0.2) is 10.7 Å². The Morgan fingerprint density at radius 1 is 1.62 bits per heavy atom. The highest BCUT2D eigenvalue weighted by Crippen LogP contribution is 2.32. The second kappa shape index (κ2) is 5.54. The van der Waals surface area contributed by atoms with Gasteiger partial charge in [0.2, 0.25) is 0 Å². The van der Waals surface area contributed by atoms with E-state index in [4.69, 9.17) is 16.7 Å². The van der Waals surface area contributed by atoms with Gasteiger partial charge in [-0.05, 0) is 21.5 Å². The van der Waals surface area contributed by atoms with E-state index in [1.165, 1.54) is 0 Å². The minimum atomic E-state index is -2.72. The maximum Gasteiger partial charge on any atom is 0.309 e. The van der Waals surface area contributed by atoms with Crippen LogP contribution in [0.25, 0.3) is 0 Å². The Hall–Kier alpha value is -0.750. The van der Waals surface area contributed by atoms with Crippen molar-refractivity contribution in [3.05, 3.63) is 27.5 Å². The number of aliphatic carboxylic acids is 1. The first-order valence-electron chi connectivity index (χ1n) is 4.19. The number of rotatable bonds is 4. The molecular formula is C9H7BrClF2NO2. The highest BCUT2D eigenvalue weighted by molar-refractivity contribution is 9.10. The molecule has 0 bridgehead atoms. The van der Waals surface area contributed by atoms with Crippen molar-refractivity contribution in [2.45, 2.75) is 18.7 Å². The molecule has 0 saturated carbocycles. The maximum atomic E-state index is 12.7. The molecule has 0 unspecified atom stereocenters. The molecule has 0 aliphatic rings. The Balaban J connectivity index is 3.30. The molecule has 0 atom stereocenters. The Bertz CT molecular complexity index is 415. The predicted molar refractivity (Wildman–Crippen MR) is 57.8 cm³/mol. The van der Waals surface area contributed by atoms with Gasteiger partial charge in [0.15, 0.2) is 0 Å². The topological polar surface area (TPSA) is 50.2 Å². The molecule has 0 aliphatic heterocycles. The molecule has 3 nitrogen and oxygen atoms in total. The summed E-state index contributed by atoms with van der Waals surface area (Å²) >= 11 is 8.49. The number of halogens is 4. The molecule has 0 aromatic carbocycles. The Morgan fingerprint density at radius 3 is 2.69 bits per heavy atom. The van der Waals surface area contributed by atoms with Crippen molar-refractivity contribution < 1.29 is 18.7 Å². The van der Waals surface area contributed by atoms with Gasteiger partial charge in [0, 0.05) is 22.1 Å². The largest absolute Gasteiger partial charge is 0.481 e. The van der Waals surface area contributed by atoms with Crippen LogP contribution in [-0.2, 0) is 17.1 Å². The van der Waals surface area contributed by atoms with Gasteiger partial charge in [-0.3, -0.25) is 9.78 Å². The minimum absolute atomic E-state index is 0.0704. The van der Waals surface area contributed by atoms with Crippen LogP contribution in [0.3, 0.4) is 0 Å². The van der Waals surface area contributed by atoms with Gasteiger partial charge in [0.1, 0.15) is 0 Å². The maximum absolute atomic E-state index is 12.7. The van der Waals surface area contributed by atoms with Crippen LogP contribution in [0.1, 0.15) is 23.2 Å². The van der Waals surface area contributed by atoms with Crippen molar-refractivity contribution in [3.63, 3.8) is 0 Å². The van der Waals surface area contributed by atoms with E-state index in [2.05, 4.69) is 20.9 Å². The van der Waals surface area contributed by atoms with Crippen LogP contribution in [0.2, 0.25) is 0 Å². The van der Waals surface area contributed by atoms with Crippen LogP contribution in [0, 0.1) is 0 Å². The molecule has 0 amide bonds. The zero-order valence-corrected chi connectivity index (χ0v) is 10.2. The smallest absolute Gasteiger partial charge is 0.309 e. The number of aromatic nitrogens is 1. The van der Waals surface area contributed by atoms with Gasteiger partial charge in [-0.25, -0.2) is 8.78 Å². The lowest BCUT2D eigenvalue weighted by atomic mass is 10.1. The molecule has 0 radical (unpaired) electrons. The van der Waals surface area contributed by atoms with Gasteiger partial charge in [-0.15, -0.1) is 11.6 Å². The first-order valence-corrected chi connectivity index (χ1v) is 5.52. The van der Waals surface area contributed by atoms with Crippen molar-refractivity contribution in [3.8, 4) is 0 Å². The van der Waals surface area contributed by atoms with Crippen molar-refractivity contribution in [1.82, 2.24) is 4.98 Å². The van der Waals surface area contributed by atoms with E-state index in [1.807, 2.05) is 0 Å². The molecule has 0 aliphatic carbocycles. The minimum Gasteiger partial charge on any atom is -0.481 e. The van der Waals surface area contributed by atoms with E-state index in [9.17, 15) is 13.6 Å². The summed E-state index contributed by atoms with van der Waals surface area (Å²) in [7, 11) is 0. The first kappa shape index (κ1) is 13.3. The van der Waals surface area contributed by atoms with E-state index in [1.54, 1.807) is 0 Å². The third-order valence-corrected chi connectivity index (χ3v) is 2.83. The van der Waals surface area contributed by atoms with Gasteiger partial charge in [-0.1, -0.05) is 0 Å². The predicted octanol–water partition coefficient (Wildman–Crippen LogP) is 3.15. The molecule has 88 valence electrons. The normalized spacial score (nSPS) is 10.8. The highest BCUT2D eigenvalue weighted by atomic mass is 79.9. The summed E-state index contributed by atoms with van der Waals surface area (Å²) in [6.45, 7) is 0. The highest BCUT2D eigenvalue weighted by Gasteiger charge is 2.21. The summed E-state index contributed by atoms with van der Waals surface area (Å²) < 4.78 is 25.6. The molecule has 0 saturated heterocycles. The second-order valence-electron chi connectivity index (χ2n) is 2.95. The second-order valence-corrected chi connectivity index (χ2v) is 4.07. The molecule has 0 spiro atoms. The average Bonchev–Trinajstić information content (AvgIpc) is 2.18. The molecule has 7 heteroatoms. The Labute approximate surface area is 104 Å². The lowest BCUT2D eigenvalue weighted by Gasteiger charge is -2.12. The van der Waals surface area contributed by atoms with E-state index >= 15 is 0 Å². The first-order chi connectivity index (χ1) is 7.47. The number of carbonyl (C=O) groups is 1.